The van der Waals surface area contributed by atoms with E-state index in [1.807, 2.05) is 0 Å². The number of phenolic OH excluding ortho intramolecular Hbond substituents is 2. The van der Waals surface area contributed by atoms with Gasteiger partial charge in [0.2, 0.25) is 0 Å². The molecule has 0 saturated heterocycles. The Kier molecular flexibility index (Phi) is 3.51. The van der Waals surface area contributed by atoms with Gasteiger partial charge in [0, 0.05) is 20.8 Å². The van der Waals surface area contributed by atoms with Crippen LogP contribution in [0.3, 0.4) is 0 Å². The number of phenols is 2. The molecule has 0 aliphatic heterocycles. The van der Waals surface area contributed by atoms with Crippen molar-refractivity contribution in [2.24, 2.45) is 0 Å². The second-order valence-corrected chi connectivity index (χ2v) is 4.88. The summed E-state index contributed by atoms with van der Waals surface area (Å²) in [5.41, 5.74) is 0.807. The molecule has 0 spiro atoms. The number of nitrogens with one attached hydrogen (secondary N) is 1. The average molecular weight is 307 g/mol. The standard InChI is InChI=1S/C18H23NO3/c1-13(2-3-14-4-8-16(20)9-5-14)19-12-18(22)15-6-10-17(21)11-7-15/h4-11,13,18-22H,2-3,12H2,1H3/i1D3,2D2,13D. The lowest BCUT2D eigenvalue weighted by Crippen LogP contribution is -2.30. The van der Waals surface area contributed by atoms with Gasteiger partial charge in [0.15, 0.2) is 0 Å². The highest BCUT2D eigenvalue weighted by Gasteiger charge is 2.09. The Morgan fingerprint density at radius 1 is 1.09 bits per heavy atom. The number of aliphatic hydroxyl groups excluding tert-OH is 1. The lowest BCUT2D eigenvalue weighted by atomic mass is 10.1. The van der Waals surface area contributed by atoms with Crippen LogP contribution in [0.2, 0.25) is 0 Å². The fourth-order valence-electron chi connectivity index (χ4n) is 1.88. The summed E-state index contributed by atoms with van der Waals surface area (Å²) in [5.74, 6) is -0.00103. The van der Waals surface area contributed by atoms with E-state index in [2.05, 4.69) is 5.32 Å². The minimum atomic E-state index is -3.03. The third-order valence-corrected chi connectivity index (χ3v) is 3.16. The summed E-state index contributed by atoms with van der Waals surface area (Å²) < 4.78 is 48.1. The second-order valence-electron chi connectivity index (χ2n) is 4.88. The van der Waals surface area contributed by atoms with Crippen LogP contribution in [0, 0.1) is 0 Å². The third kappa shape index (κ3) is 5.06. The highest BCUT2D eigenvalue weighted by atomic mass is 16.3. The third-order valence-electron chi connectivity index (χ3n) is 3.16. The molecule has 2 aromatic carbocycles. The van der Waals surface area contributed by atoms with Crippen LogP contribution in [0.15, 0.2) is 48.5 Å². The minimum Gasteiger partial charge on any atom is -0.508 e. The van der Waals surface area contributed by atoms with Crippen molar-refractivity contribution in [3.05, 3.63) is 59.7 Å². The first-order chi connectivity index (χ1) is 12.9. The lowest BCUT2D eigenvalue weighted by Gasteiger charge is -2.17. The molecule has 0 saturated carbocycles. The van der Waals surface area contributed by atoms with Crippen molar-refractivity contribution in [3.63, 3.8) is 0 Å². The SMILES string of the molecule is [2H]C([2H])([2H])C([2H])(NCC(O)c1ccc(O)cc1)C([2H])([2H])Cc1ccc(O)cc1. The molecule has 4 nitrogen and oxygen atoms in total. The molecule has 2 atom stereocenters. The maximum atomic E-state index is 10.3. The number of aromatic hydroxyl groups is 2. The smallest absolute Gasteiger partial charge is 0.115 e. The number of benzene rings is 2. The van der Waals surface area contributed by atoms with Gasteiger partial charge in [-0.05, 0) is 55.0 Å². The van der Waals surface area contributed by atoms with Crippen LogP contribution in [0.4, 0.5) is 0 Å². The number of hydrogen-bond acceptors (Lipinski definition) is 4. The summed E-state index contributed by atoms with van der Waals surface area (Å²) in [6, 6.07) is 8.55. The van der Waals surface area contributed by atoms with E-state index in [-0.39, 0.29) is 24.5 Å². The fourth-order valence-corrected chi connectivity index (χ4v) is 1.88. The molecule has 4 heteroatoms. The number of rotatable bonds is 7. The first kappa shape index (κ1) is 9.87. The van der Waals surface area contributed by atoms with Gasteiger partial charge in [-0.25, -0.2) is 0 Å². The molecule has 0 radical (unpaired) electrons. The summed E-state index contributed by atoms with van der Waals surface area (Å²) in [7, 11) is 0. The van der Waals surface area contributed by atoms with Crippen LogP contribution in [-0.4, -0.2) is 27.9 Å². The molecular weight excluding hydrogens is 278 g/mol. The van der Waals surface area contributed by atoms with Crippen LogP contribution in [0.25, 0.3) is 0 Å². The van der Waals surface area contributed by atoms with Crippen molar-refractivity contribution >= 4 is 0 Å². The van der Waals surface area contributed by atoms with Gasteiger partial charge in [-0.1, -0.05) is 24.3 Å². The molecule has 4 N–H and O–H groups in total. The molecule has 0 fully saturated rings. The molecule has 22 heavy (non-hydrogen) atoms. The summed E-state index contributed by atoms with van der Waals surface area (Å²) in [6.07, 6.45) is -4.10. The first-order valence-corrected chi connectivity index (χ1v) is 6.86. The molecule has 0 aromatic heterocycles. The zero-order valence-corrected chi connectivity index (χ0v) is 12.0. The summed E-state index contributed by atoms with van der Waals surface area (Å²) >= 11 is 0. The van der Waals surface area contributed by atoms with Crippen molar-refractivity contribution in [2.45, 2.75) is 31.8 Å². The zero-order chi connectivity index (χ0) is 21.2. The van der Waals surface area contributed by atoms with E-state index in [1.54, 1.807) is 0 Å². The van der Waals surface area contributed by atoms with Crippen molar-refractivity contribution in [1.29, 1.82) is 0 Å². The Morgan fingerprint density at radius 3 is 2.27 bits per heavy atom. The van der Waals surface area contributed by atoms with Crippen molar-refractivity contribution in [2.75, 3.05) is 6.54 Å². The van der Waals surface area contributed by atoms with E-state index in [9.17, 15) is 15.3 Å². The van der Waals surface area contributed by atoms with Crippen LogP contribution in [-0.2, 0) is 6.42 Å². The minimum absolute atomic E-state index is 0.00599. The average Bonchev–Trinajstić information content (AvgIpc) is 2.60. The maximum Gasteiger partial charge on any atom is 0.115 e. The van der Waals surface area contributed by atoms with E-state index in [1.165, 1.54) is 48.5 Å². The Labute approximate surface area is 139 Å². The number of hydrogen-bond donors (Lipinski definition) is 4. The summed E-state index contributed by atoms with van der Waals surface area (Å²) in [6.45, 7) is -3.40. The van der Waals surface area contributed by atoms with Crippen LogP contribution < -0.4 is 5.32 Å². The molecule has 0 bridgehead atoms. The Morgan fingerprint density at radius 2 is 1.68 bits per heavy atom. The quantitative estimate of drug-likeness (QED) is 0.635. The Hall–Kier alpha value is -2.04. The molecule has 0 amide bonds. The molecular formula is C18H23NO3. The molecule has 2 rings (SSSR count). The fraction of sp³-hybridized carbons (Fsp3) is 0.333. The van der Waals surface area contributed by atoms with Gasteiger partial charge in [0.1, 0.15) is 11.5 Å². The van der Waals surface area contributed by atoms with Crippen molar-refractivity contribution in [1.82, 2.24) is 5.32 Å². The van der Waals surface area contributed by atoms with Crippen molar-refractivity contribution < 1.29 is 23.5 Å². The first-order valence-electron chi connectivity index (χ1n) is 9.86. The molecule has 0 aliphatic rings. The molecule has 0 heterocycles. The van der Waals surface area contributed by atoms with E-state index in [4.69, 9.17) is 8.22 Å². The molecule has 2 aromatic rings. The highest BCUT2D eigenvalue weighted by Crippen LogP contribution is 2.16. The zero-order valence-electron chi connectivity index (χ0n) is 18.0. The molecule has 2 unspecified atom stereocenters. The lowest BCUT2D eigenvalue weighted by molar-refractivity contribution is 0.170. The molecule has 0 aliphatic carbocycles. The number of aryl methyl sites for hydroxylation is 1. The monoisotopic (exact) mass is 307 g/mol. The largest absolute Gasteiger partial charge is 0.508 e. The van der Waals surface area contributed by atoms with E-state index in [0.717, 1.165) is 0 Å². The van der Waals surface area contributed by atoms with Crippen molar-refractivity contribution in [3.8, 4) is 11.5 Å². The summed E-state index contributed by atoms with van der Waals surface area (Å²) in [5, 5.41) is 31.3. The predicted octanol–water partition coefficient (Wildman–Crippen LogP) is 2.74. The van der Waals surface area contributed by atoms with Gasteiger partial charge in [0.25, 0.3) is 0 Å². The topological polar surface area (TPSA) is 72.7 Å². The normalized spacial score (nSPS) is 20.4. The van der Waals surface area contributed by atoms with Crippen LogP contribution in [0.1, 0.15) is 38.7 Å². The Balaban J connectivity index is 2.21. The van der Waals surface area contributed by atoms with Crippen LogP contribution in [0.5, 0.6) is 11.5 Å². The van der Waals surface area contributed by atoms with Gasteiger partial charge in [-0.2, -0.15) is 0 Å². The summed E-state index contributed by atoms with van der Waals surface area (Å²) in [4.78, 5) is 0. The van der Waals surface area contributed by atoms with E-state index < -0.39 is 25.3 Å². The van der Waals surface area contributed by atoms with E-state index >= 15 is 0 Å². The van der Waals surface area contributed by atoms with Gasteiger partial charge in [-0.15, -0.1) is 0 Å². The predicted molar refractivity (Wildman–Crippen MR) is 87.0 cm³/mol. The second kappa shape index (κ2) is 7.82. The Bertz CT molecular complexity index is 779. The van der Waals surface area contributed by atoms with Gasteiger partial charge in [0.05, 0.1) is 6.10 Å². The van der Waals surface area contributed by atoms with Crippen LogP contribution >= 0.6 is 0 Å². The number of aliphatic hydroxyl groups is 1. The van der Waals surface area contributed by atoms with E-state index in [0.29, 0.717) is 11.1 Å². The van der Waals surface area contributed by atoms with Gasteiger partial charge >= 0.3 is 0 Å². The maximum absolute atomic E-state index is 10.3. The highest BCUT2D eigenvalue weighted by molar-refractivity contribution is 5.27. The van der Waals surface area contributed by atoms with Gasteiger partial charge < -0.3 is 20.6 Å². The molecule has 118 valence electrons. The van der Waals surface area contributed by atoms with Gasteiger partial charge in [-0.3, -0.25) is 0 Å².